The predicted octanol–water partition coefficient (Wildman–Crippen LogP) is 5.83. The van der Waals surface area contributed by atoms with Gasteiger partial charge in [0, 0.05) is 19.3 Å². The molecule has 30 heavy (non-hydrogen) atoms. The normalized spacial score (nSPS) is 15.1. The van der Waals surface area contributed by atoms with Crippen molar-refractivity contribution >= 4 is 0 Å². The van der Waals surface area contributed by atoms with Crippen LogP contribution >= 0.6 is 0 Å². The monoisotopic (exact) mass is 436 g/mol. The minimum absolute atomic E-state index is 0.0281. The maximum Gasteiger partial charge on any atom is 0.411 e. The van der Waals surface area contributed by atoms with Gasteiger partial charge in [-0.25, -0.2) is 0 Å². The molecule has 2 aromatic carbocycles. The Balaban J connectivity index is 2.69. The first kappa shape index (κ1) is 24.2. The van der Waals surface area contributed by atoms with Crippen LogP contribution in [0, 0.1) is 0 Å². The van der Waals surface area contributed by atoms with E-state index < -0.39 is 41.3 Å². The molecule has 0 radical (unpaired) electrons. The lowest BCUT2D eigenvalue weighted by Crippen LogP contribution is -2.54. The third kappa shape index (κ3) is 4.33. The summed E-state index contributed by atoms with van der Waals surface area (Å²) in [5.74, 6) is 0. The molecule has 0 bridgehead atoms. The molecule has 166 valence electrons. The fourth-order valence-electron chi connectivity index (χ4n) is 3.37. The van der Waals surface area contributed by atoms with E-state index in [9.17, 15) is 31.4 Å². The van der Waals surface area contributed by atoms with Crippen LogP contribution in [0.3, 0.4) is 0 Å². The van der Waals surface area contributed by atoms with E-state index in [4.69, 9.17) is 4.74 Å². The van der Waals surface area contributed by atoms with Crippen LogP contribution in [0.25, 0.3) is 0 Å². The van der Waals surface area contributed by atoms with Gasteiger partial charge in [-0.15, -0.1) is 0 Å². The summed E-state index contributed by atoms with van der Waals surface area (Å²) in [6, 6.07) is 7.40. The van der Waals surface area contributed by atoms with Gasteiger partial charge in [-0.2, -0.15) is 26.3 Å². The molecular weight excluding hydrogens is 414 g/mol. The summed E-state index contributed by atoms with van der Waals surface area (Å²) in [4.78, 5) is 0. The Morgan fingerprint density at radius 1 is 0.800 bits per heavy atom. The quantitative estimate of drug-likeness (QED) is 0.438. The van der Waals surface area contributed by atoms with Crippen LogP contribution in [-0.4, -0.2) is 31.2 Å². The molecule has 9 heteroatoms. The Labute approximate surface area is 170 Å². The Kier molecular flexibility index (Phi) is 7.21. The molecule has 0 fully saturated rings. The lowest BCUT2D eigenvalue weighted by Gasteiger charge is -2.38. The first-order chi connectivity index (χ1) is 13.9. The largest absolute Gasteiger partial charge is 0.411 e. The second kappa shape index (κ2) is 8.95. The summed E-state index contributed by atoms with van der Waals surface area (Å²) in [6.45, 7) is 3.73. The summed E-state index contributed by atoms with van der Waals surface area (Å²) in [5, 5.41) is 9.61. The number of alkyl halides is 6. The Bertz CT molecular complexity index is 799. The zero-order chi connectivity index (χ0) is 22.7. The summed E-state index contributed by atoms with van der Waals surface area (Å²) in [6.07, 6.45) is -13.3. The smallest absolute Gasteiger partial charge is 0.374 e. The van der Waals surface area contributed by atoms with Gasteiger partial charge < -0.3 is 14.6 Å². The summed E-state index contributed by atoms with van der Waals surface area (Å²) < 4.78 is 94.7. The van der Waals surface area contributed by atoms with E-state index in [1.165, 1.54) is 12.1 Å². The van der Waals surface area contributed by atoms with E-state index in [0.717, 1.165) is 31.4 Å². The third-order valence-corrected chi connectivity index (χ3v) is 4.93. The van der Waals surface area contributed by atoms with Gasteiger partial charge in [0.2, 0.25) is 5.41 Å². The second-order valence-electron chi connectivity index (χ2n) is 6.68. The molecule has 0 saturated carbocycles. The van der Waals surface area contributed by atoms with Crippen LogP contribution < -0.4 is 0 Å². The van der Waals surface area contributed by atoms with Crippen molar-refractivity contribution in [2.75, 3.05) is 13.7 Å². The first-order valence-corrected chi connectivity index (χ1v) is 9.06. The van der Waals surface area contributed by atoms with Crippen molar-refractivity contribution in [2.24, 2.45) is 0 Å². The average molecular weight is 436 g/mol. The molecule has 2 atom stereocenters. The topological polar surface area (TPSA) is 38.7 Å². The summed E-state index contributed by atoms with van der Waals surface area (Å²) in [5.41, 5.74) is -5.74. The molecule has 3 nitrogen and oxygen atoms in total. The van der Waals surface area contributed by atoms with Gasteiger partial charge in [-0.1, -0.05) is 48.5 Å². The van der Waals surface area contributed by atoms with Gasteiger partial charge in [0.15, 0.2) is 6.29 Å². The molecule has 2 rings (SSSR count). The molecule has 0 saturated heterocycles. The van der Waals surface area contributed by atoms with Crippen molar-refractivity contribution < 1.29 is 40.9 Å². The van der Waals surface area contributed by atoms with Crippen molar-refractivity contribution in [3.05, 3.63) is 70.8 Å². The van der Waals surface area contributed by atoms with Crippen LogP contribution in [0.5, 0.6) is 0 Å². The lowest BCUT2D eigenvalue weighted by atomic mass is 9.72. The average Bonchev–Trinajstić information content (AvgIpc) is 2.67. The Morgan fingerprint density at radius 2 is 1.20 bits per heavy atom. The zero-order valence-electron chi connectivity index (χ0n) is 16.5. The molecule has 2 unspecified atom stereocenters. The summed E-state index contributed by atoms with van der Waals surface area (Å²) in [7, 11) is 1.15. The molecule has 0 heterocycles. The molecular formula is C21H22F6O3. The molecule has 1 N–H and O–H groups in total. The van der Waals surface area contributed by atoms with E-state index in [1.54, 1.807) is 13.8 Å². The fraction of sp³-hybridized carbons (Fsp3) is 0.429. The van der Waals surface area contributed by atoms with Crippen LogP contribution in [-0.2, 0) is 14.9 Å². The van der Waals surface area contributed by atoms with Gasteiger partial charge >= 0.3 is 12.4 Å². The first-order valence-electron chi connectivity index (χ1n) is 9.06. The molecule has 0 amide bonds. The van der Waals surface area contributed by atoms with E-state index in [2.05, 4.69) is 4.74 Å². The van der Waals surface area contributed by atoms with Gasteiger partial charge in [-0.3, -0.25) is 0 Å². The fourth-order valence-corrected chi connectivity index (χ4v) is 3.37. The maximum atomic E-state index is 14.1. The standard InChI is InChI=1S/C21H22F6O3/c1-4-30-13(2)14-5-9-16(10-6-14)19(20(22,23)24,21(25,26)27)17-11-7-15(8-12-17)18(28)29-3/h5-13,18,28H,4H2,1-3H3. The van der Waals surface area contributed by atoms with Crippen LogP contribution in [0.4, 0.5) is 26.3 Å². The maximum absolute atomic E-state index is 14.1. The third-order valence-electron chi connectivity index (χ3n) is 4.93. The van der Waals surface area contributed by atoms with Crippen molar-refractivity contribution in [1.29, 1.82) is 0 Å². The van der Waals surface area contributed by atoms with Crippen LogP contribution in [0.15, 0.2) is 48.5 Å². The minimum atomic E-state index is -5.68. The molecule has 0 aliphatic rings. The SMILES string of the molecule is CCOC(C)c1ccc(C(c2ccc(C(O)OC)cc2)(C(F)(F)F)C(F)(F)F)cc1. The molecule has 0 aromatic heterocycles. The Hall–Kier alpha value is -2.10. The van der Waals surface area contributed by atoms with E-state index in [-0.39, 0.29) is 5.56 Å². The van der Waals surface area contributed by atoms with Crippen molar-refractivity contribution in [2.45, 2.75) is 44.0 Å². The van der Waals surface area contributed by atoms with E-state index in [0.29, 0.717) is 24.3 Å². The number of halogens is 6. The lowest BCUT2D eigenvalue weighted by molar-refractivity contribution is -0.288. The summed E-state index contributed by atoms with van der Waals surface area (Å²) >= 11 is 0. The van der Waals surface area contributed by atoms with Crippen LogP contribution in [0.2, 0.25) is 0 Å². The van der Waals surface area contributed by atoms with E-state index in [1.807, 2.05) is 0 Å². The van der Waals surface area contributed by atoms with Crippen molar-refractivity contribution in [3.8, 4) is 0 Å². The molecule has 0 aliphatic heterocycles. The number of hydrogen-bond donors (Lipinski definition) is 1. The Morgan fingerprint density at radius 3 is 1.53 bits per heavy atom. The number of aliphatic hydroxyl groups excluding tert-OH is 1. The minimum Gasteiger partial charge on any atom is -0.374 e. The molecule has 2 aromatic rings. The van der Waals surface area contributed by atoms with Gasteiger partial charge in [0.1, 0.15) is 0 Å². The van der Waals surface area contributed by atoms with E-state index >= 15 is 0 Å². The highest BCUT2D eigenvalue weighted by molar-refractivity contribution is 5.46. The van der Waals surface area contributed by atoms with Gasteiger partial charge in [0.25, 0.3) is 0 Å². The highest BCUT2D eigenvalue weighted by atomic mass is 19.4. The molecule has 0 aliphatic carbocycles. The van der Waals surface area contributed by atoms with Gasteiger partial charge in [-0.05, 0) is 30.5 Å². The zero-order valence-corrected chi connectivity index (χ0v) is 16.5. The highest BCUT2D eigenvalue weighted by Crippen LogP contribution is 2.56. The van der Waals surface area contributed by atoms with Crippen molar-refractivity contribution in [1.82, 2.24) is 0 Å². The number of rotatable bonds is 7. The predicted molar refractivity (Wildman–Crippen MR) is 97.8 cm³/mol. The highest BCUT2D eigenvalue weighted by Gasteiger charge is 2.72. The van der Waals surface area contributed by atoms with Gasteiger partial charge in [0.05, 0.1) is 6.10 Å². The van der Waals surface area contributed by atoms with Crippen molar-refractivity contribution in [3.63, 3.8) is 0 Å². The number of aliphatic hydroxyl groups is 1. The second-order valence-corrected chi connectivity index (χ2v) is 6.68. The number of methoxy groups -OCH3 is 1. The van der Waals surface area contributed by atoms with Crippen LogP contribution in [0.1, 0.15) is 48.5 Å². The number of benzene rings is 2. The number of hydrogen-bond acceptors (Lipinski definition) is 3. The molecule has 0 spiro atoms. The number of ether oxygens (including phenoxy) is 2.